The molecule has 1 nitrogen and oxygen atoms in total. The quantitative estimate of drug-likeness (QED) is 0.628. The molecule has 24 heavy (non-hydrogen) atoms. The van der Waals surface area contributed by atoms with Gasteiger partial charge in [0, 0.05) is 18.1 Å². The maximum Gasteiger partial charge on any atom is 0.0476 e. The number of hydrogen-bond donors (Lipinski definition) is 0. The molecule has 2 rings (SSSR count). The molecular formula is C23H33N. The van der Waals surface area contributed by atoms with Gasteiger partial charge in [-0.2, -0.15) is 0 Å². The SMILES string of the molecule is C/C=c1/c(C(CCC)CCC)cn(Cc2ccccc2)/c1=C/CC. The van der Waals surface area contributed by atoms with Crippen LogP contribution in [0.3, 0.4) is 0 Å². The Bertz CT molecular complexity index is 715. The van der Waals surface area contributed by atoms with Crippen molar-refractivity contribution in [2.45, 2.75) is 72.3 Å². The lowest BCUT2D eigenvalue weighted by atomic mass is 9.91. The Kier molecular flexibility index (Phi) is 7.36. The third-order valence-corrected chi connectivity index (χ3v) is 4.79. The average Bonchev–Trinajstić information content (AvgIpc) is 2.93. The van der Waals surface area contributed by atoms with Crippen molar-refractivity contribution < 1.29 is 0 Å². The van der Waals surface area contributed by atoms with E-state index in [9.17, 15) is 0 Å². The van der Waals surface area contributed by atoms with Crippen LogP contribution in [0.5, 0.6) is 0 Å². The molecule has 1 aromatic carbocycles. The van der Waals surface area contributed by atoms with E-state index in [2.05, 4.69) is 80.9 Å². The monoisotopic (exact) mass is 323 g/mol. The van der Waals surface area contributed by atoms with Crippen LogP contribution in [0, 0.1) is 0 Å². The van der Waals surface area contributed by atoms with Gasteiger partial charge in [0.25, 0.3) is 0 Å². The summed E-state index contributed by atoms with van der Waals surface area (Å²) in [6.45, 7) is 9.98. The number of nitrogens with zero attached hydrogens (tertiary/aromatic N) is 1. The Morgan fingerprint density at radius 2 is 1.67 bits per heavy atom. The van der Waals surface area contributed by atoms with E-state index in [1.165, 1.54) is 41.8 Å². The third kappa shape index (κ3) is 4.41. The molecule has 1 heterocycles. The van der Waals surface area contributed by atoms with Crippen molar-refractivity contribution in [2.75, 3.05) is 0 Å². The van der Waals surface area contributed by atoms with Crippen molar-refractivity contribution in [3.8, 4) is 0 Å². The van der Waals surface area contributed by atoms with Gasteiger partial charge in [0.1, 0.15) is 0 Å². The normalized spacial score (nSPS) is 13.2. The molecule has 0 aliphatic heterocycles. The zero-order chi connectivity index (χ0) is 17.4. The summed E-state index contributed by atoms with van der Waals surface area (Å²) in [5, 5.41) is 2.86. The first kappa shape index (κ1) is 18.6. The lowest BCUT2D eigenvalue weighted by Crippen LogP contribution is -2.31. The Hall–Kier alpha value is -1.76. The Morgan fingerprint density at radius 1 is 1.00 bits per heavy atom. The molecular weight excluding hydrogens is 290 g/mol. The molecule has 0 aliphatic carbocycles. The standard InChI is InChI=1S/C23H33N/c1-5-12-20(13-6-2)22-18-24(17-19-15-10-9-11-16-19)23(14-7-3)21(22)8-4/h8-11,14-16,18,20H,5-7,12-13,17H2,1-4H3/b21-8-,23-14+. The van der Waals surface area contributed by atoms with Crippen LogP contribution in [0.4, 0.5) is 0 Å². The van der Waals surface area contributed by atoms with Gasteiger partial charge in [0.05, 0.1) is 0 Å². The molecule has 0 fully saturated rings. The summed E-state index contributed by atoms with van der Waals surface area (Å²) in [4.78, 5) is 0. The number of rotatable bonds is 8. The summed E-state index contributed by atoms with van der Waals surface area (Å²) in [6.07, 6.45) is 13.3. The average molecular weight is 324 g/mol. The summed E-state index contributed by atoms with van der Waals surface area (Å²) in [5.41, 5.74) is 2.92. The van der Waals surface area contributed by atoms with Gasteiger partial charge in [0.15, 0.2) is 0 Å². The van der Waals surface area contributed by atoms with Crippen molar-refractivity contribution in [3.05, 3.63) is 58.2 Å². The van der Waals surface area contributed by atoms with Gasteiger partial charge >= 0.3 is 0 Å². The fourth-order valence-corrected chi connectivity index (χ4v) is 3.73. The molecule has 130 valence electrons. The fourth-order valence-electron chi connectivity index (χ4n) is 3.73. The minimum atomic E-state index is 0.687. The number of aromatic nitrogens is 1. The van der Waals surface area contributed by atoms with Crippen molar-refractivity contribution in [2.24, 2.45) is 0 Å². The van der Waals surface area contributed by atoms with Gasteiger partial charge in [-0.1, -0.05) is 76.1 Å². The summed E-state index contributed by atoms with van der Waals surface area (Å²) < 4.78 is 2.46. The summed E-state index contributed by atoms with van der Waals surface area (Å²) >= 11 is 0. The van der Waals surface area contributed by atoms with Crippen LogP contribution in [0.15, 0.2) is 36.5 Å². The van der Waals surface area contributed by atoms with Crippen LogP contribution in [-0.2, 0) is 6.54 Å². The first-order valence-corrected chi connectivity index (χ1v) is 9.64. The van der Waals surface area contributed by atoms with E-state index in [0.717, 1.165) is 13.0 Å². The predicted molar refractivity (Wildman–Crippen MR) is 107 cm³/mol. The molecule has 0 amide bonds. The highest BCUT2D eigenvalue weighted by atomic mass is 14.9. The van der Waals surface area contributed by atoms with E-state index < -0.39 is 0 Å². The Balaban J connectivity index is 2.53. The lowest BCUT2D eigenvalue weighted by molar-refractivity contribution is 0.558. The van der Waals surface area contributed by atoms with E-state index in [1.807, 2.05) is 0 Å². The highest BCUT2D eigenvalue weighted by molar-refractivity contribution is 5.35. The van der Waals surface area contributed by atoms with E-state index >= 15 is 0 Å². The summed E-state index contributed by atoms with van der Waals surface area (Å²) in [5.74, 6) is 0.687. The van der Waals surface area contributed by atoms with Crippen LogP contribution >= 0.6 is 0 Å². The van der Waals surface area contributed by atoms with Gasteiger partial charge in [-0.25, -0.2) is 0 Å². The molecule has 0 radical (unpaired) electrons. The van der Waals surface area contributed by atoms with Gasteiger partial charge in [-0.05, 0) is 48.4 Å². The summed E-state index contributed by atoms with van der Waals surface area (Å²) in [6, 6.07) is 10.8. The molecule has 1 aromatic heterocycles. The minimum absolute atomic E-state index is 0.687. The predicted octanol–water partition coefficient (Wildman–Crippen LogP) is 5.21. The molecule has 0 saturated heterocycles. The Labute approximate surface area is 147 Å². The molecule has 0 spiro atoms. The van der Waals surface area contributed by atoms with E-state index in [4.69, 9.17) is 0 Å². The molecule has 1 heteroatoms. The van der Waals surface area contributed by atoms with E-state index in [1.54, 1.807) is 5.56 Å². The minimum Gasteiger partial charge on any atom is -0.343 e. The fraction of sp³-hybridized carbons (Fsp3) is 0.478. The molecule has 2 aromatic rings. The zero-order valence-electron chi connectivity index (χ0n) is 15.9. The highest BCUT2D eigenvalue weighted by Gasteiger charge is 2.15. The van der Waals surface area contributed by atoms with Gasteiger partial charge in [-0.3, -0.25) is 0 Å². The van der Waals surface area contributed by atoms with E-state index in [-0.39, 0.29) is 0 Å². The van der Waals surface area contributed by atoms with Gasteiger partial charge in [-0.15, -0.1) is 0 Å². The molecule has 0 N–H and O–H groups in total. The van der Waals surface area contributed by atoms with Gasteiger partial charge < -0.3 is 4.57 Å². The van der Waals surface area contributed by atoms with E-state index in [0.29, 0.717) is 5.92 Å². The first-order chi connectivity index (χ1) is 11.7. The van der Waals surface area contributed by atoms with Crippen molar-refractivity contribution >= 4 is 12.2 Å². The second-order valence-corrected chi connectivity index (χ2v) is 6.67. The van der Waals surface area contributed by atoms with Crippen LogP contribution in [0.2, 0.25) is 0 Å². The van der Waals surface area contributed by atoms with Gasteiger partial charge in [0.2, 0.25) is 0 Å². The number of benzene rings is 1. The first-order valence-electron chi connectivity index (χ1n) is 9.64. The van der Waals surface area contributed by atoms with Crippen LogP contribution < -0.4 is 10.6 Å². The smallest absolute Gasteiger partial charge is 0.0476 e. The second kappa shape index (κ2) is 9.52. The van der Waals surface area contributed by atoms with Crippen LogP contribution in [0.1, 0.15) is 76.8 Å². The molecule has 0 unspecified atom stereocenters. The molecule has 0 bridgehead atoms. The lowest BCUT2D eigenvalue weighted by Gasteiger charge is -2.14. The molecule has 0 atom stereocenters. The number of hydrogen-bond acceptors (Lipinski definition) is 0. The Morgan fingerprint density at radius 3 is 2.21 bits per heavy atom. The zero-order valence-corrected chi connectivity index (χ0v) is 15.9. The highest BCUT2D eigenvalue weighted by Crippen LogP contribution is 2.23. The van der Waals surface area contributed by atoms with Crippen LogP contribution in [-0.4, -0.2) is 4.57 Å². The summed E-state index contributed by atoms with van der Waals surface area (Å²) in [7, 11) is 0. The molecule has 0 aliphatic rings. The molecule has 0 saturated carbocycles. The van der Waals surface area contributed by atoms with Crippen LogP contribution in [0.25, 0.3) is 12.2 Å². The second-order valence-electron chi connectivity index (χ2n) is 6.67. The maximum absolute atomic E-state index is 2.46. The maximum atomic E-state index is 2.46. The van der Waals surface area contributed by atoms with Crippen molar-refractivity contribution in [3.63, 3.8) is 0 Å². The topological polar surface area (TPSA) is 4.93 Å². The third-order valence-electron chi connectivity index (χ3n) is 4.79. The van der Waals surface area contributed by atoms with Crippen molar-refractivity contribution in [1.82, 2.24) is 4.57 Å². The largest absolute Gasteiger partial charge is 0.343 e. The van der Waals surface area contributed by atoms with Crippen molar-refractivity contribution in [1.29, 1.82) is 0 Å².